The van der Waals surface area contributed by atoms with Gasteiger partial charge in [-0.2, -0.15) is 0 Å². The molecule has 0 spiro atoms. The van der Waals surface area contributed by atoms with Crippen LogP contribution in [0.5, 0.6) is 0 Å². The zero-order valence-corrected chi connectivity index (χ0v) is 8.29. The minimum Gasteiger partial charge on any atom is -0.392 e. The third-order valence-electron chi connectivity index (χ3n) is 1.97. The number of carbonyl (C=O) groups is 1. The van der Waals surface area contributed by atoms with Crippen molar-refractivity contribution in [3.8, 4) is 0 Å². The highest BCUT2D eigenvalue weighted by molar-refractivity contribution is 7.80. The summed E-state index contributed by atoms with van der Waals surface area (Å²) in [5.41, 5.74) is 1.71. The molecule has 0 aliphatic carbocycles. The van der Waals surface area contributed by atoms with Crippen molar-refractivity contribution in [1.82, 2.24) is 0 Å². The molecule has 3 heteroatoms. The van der Waals surface area contributed by atoms with Gasteiger partial charge in [0.05, 0.1) is 6.61 Å². The van der Waals surface area contributed by atoms with Crippen LogP contribution in [0.2, 0.25) is 0 Å². The Labute approximate surface area is 83.0 Å². The summed E-state index contributed by atoms with van der Waals surface area (Å²) in [6.45, 7) is 1.82. The normalized spacial score (nSPS) is 12.5. The van der Waals surface area contributed by atoms with E-state index in [1.54, 1.807) is 12.1 Å². The van der Waals surface area contributed by atoms with E-state index < -0.39 is 0 Å². The number of aldehydes is 1. The standard InChI is InChI=1S/C10H12O2S/c1-7(5-11)9-3-2-8(6-12)4-10(9)13/h2-5,7,12-13H,6H2,1H3. The van der Waals surface area contributed by atoms with Crippen molar-refractivity contribution >= 4 is 18.9 Å². The van der Waals surface area contributed by atoms with Gasteiger partial charge < -0.3 is 9.90 Å². The second-order valence-corrected chi connectivity index (χ2v) is 3.46. The Bertz CT molecular complexity index is 310. The van der Waals surface area contributed by atoms with Crippen LogP contribution in [0.15, 0.2) is 23.1 Å². The van der Waals surface area contributed by atoms with Crippen molar-refractivity contribution in [2.45, 2.75) is 24.3 Å². The van der Waals surface area contributed by atoms with Crippen LogP contribution in [-0.4, -0.2) is 11.4 Å². The highest BCUT2D eigenvalue weighted by Gasteiger charge is 2.07. The Morgan fingerprint density at radius 3 is 2.77 bits per heavy atom. The molecule has 13 heavy (non-hydrogen) atoms. The Balaban J connectivity index is 3.04. The zero-order chi connectivity index (χ0) is 9.84. The minimum atomic E-state index is -0.139. The van der Waals surface area contributed by atoms with Crippen LogP contribution in [-0.2, 0) is 11.4 Å². The van der Waals surface area contributed by atoms with Gasteiger partial charge in [-0.1, -0.05) is 19.1 Å². The zero-order valence-electron chi connectivity index (χ0n) is 7.40. The van der Waals surface area contributed by atoms with E-state index in [1.165, 1.54) is 0 Å². The molecule has 0 radical (unpaired) electrons. The minimum absolute atomic E-state index is 0.00328. The lowest BCUT2D eigenvalue weighted by atomic mass is 10.0. The van der Waals surface area contributed by atoms with Gasteiger partial charge in [-0.3, -0.25) is 0 Å². The van der Waals surface area contributed by atoms with E-state index in [4.69, 9.17) is 5.11 Å². The van der Waals surface area contributed by atoms with Crippen LogP contribution >= 0.6 is 12.6 Å². The number of aliphatic hydroxyl groups is 1. The van der Waals surface area contributed by atoms with Crippen molar-refractivity contribution in [1.29, 1.82) is 0 Å². The SMILES string of the molecule is CC(C=O)c1ccc(CO)cc1S. The molecule has 70 valence electrons. The number of aliphatic hydroxyl groups excluding tert-OH is 1. The fourth-order valence-corrected chi connectivity index (χ4v) is 1.59. The van der Waals surface area contributed by atoms with Crippen LogP contribution in [0.3, 0.4) is 0 Å². The van der Waals surface area contributed by atoms with Crippen molar-refractivity contribution in [2.75, 3.05) is 0 Å². The van der Waals surface area contributed by atoms with Crippen molar-refractivity contribution in [3.05, 3.63) is 29.3 Å². The predicted molar refractivity (Wildman–Crippen MR) is 54.1 cm³/mol. The summed E-state index contributed by atoms with van der Waals surface area (Å²) >= 11 is 4.24. The lowest BCUT2D eigenvalue weighted by Gasteiger charge is -2.08. The van der Waals surface area contributed by atoms with E-state index in [-0.39, 0.29) is 12.5 Å². The van der Waals surface area contributed by atoms with E-state index in [2.05, 4.69) is 12.6 Å². The molecule has 0 aliphatic heterocycles. The highest BCUT2D eigenvalue weighted by Crippen LogP contribution is 2.22. The van der Waals surface area contributed by atoms with Gasteiger partial charge >= 0.3 is 0 Å². The molecule has 1 N–H and O–H groups in total. The number of carbonyl (C=O) groups excluding carboxylic acids is 1. The highest BCUT2D eigenvalue weighted by atomic mass is 32.1. The molecule has 0 aliphatic rings. The summed E-state index contributed by atoms with van der Waals surface area (Å²) in [7, 11) is 0. The summed E-state index contributed by atoms with van der Waals surface area (Å²) in [6.07, 6.45) is 0.883. The van der Waals surface area contributed by atoms with E-state index in [0.29, 0.717) is 0 Å². The van der Waals surface area contributed by atoms with Crippen molar-refractivity contribution in [2.24, 2.45) is 0 Å². The third kappa shape index (κ3) is 2.32. The molecule has 1 rings (SSSR count). The Kier molecular flexibility index (Phi) is 3.51. The van der Waals surface area contributed by atoms with Gasteiger partial charge in [0, 0.05) is 10.8 Å². The molecule has 0 aromatic heterocycles. The van der Waals surface area contributed by atoms with Crippen LogP contribution < -0.4 is 0 Å². The van der Waals surface area contributed by atoms with E-state index in [0.717, 1.165) is 22.3 Å². The lowest BCUT2D eigenvalue weighted by Crippen LogP contribution is -1.96. The van der Waals surface area contributed by atoms with E-state index in [9.17, 15) is 4.79 Å². The molecule has 2 nitrogen and oxygen atoms in total. The molecular formula is C10H12O2S. The third-order valence-corrected chi connectivity index (χ3v) is 2.36. The van der Waals surface area contributed by atoms with Gasteiger partial charge in [0.1, 0.15) is 6.29 Å². The average Bonchev–Trinajstić information content (AvgIpc) is 2.16. The topological polar surface area (TPSA) is 37.3 Å². The van der Waals surface area contributed by atoms with Gasteiger partial charge in [-0.15, -0.1) is 12.6 Å². The van der Waals surface area contributed by atoms with Crippen LogP contribution in [0.25, 0.3) is 0 Å². The summed E-state index contributed by atoms with van der Waals surface area (Å²) < 4.78 is 0. The van der Waals surface area contributed by atoms with E-state index >= 15 is 0 Å². The fraction of sp³-hybridized carbons (Fsp3) is 0.300. The molecule has 0 amide bonds. The van der Waals surface area contributed by atoms with Crippen molar-refractivity contribution < 1.29 is 9.90 Å². The van der Waals surface area contributed by atoms with Gasteiger partial charge in [-0.25, -0.2) is 0 Å². The summed E-state index contributed by atoms with van der Waals surface area (Å²) in [5, 5.41) is 8.85. The molecule has 1 aromatic rings. The van der Waals surface area contributed by atoms with Gasteiger partial charge in [-0.05, 0) is 17.2 Å². The van der Waals surface area contributed by atoms with Crippen molar-refractivity contribution in [3.63, 3.8) is 0 Å². The molecule has 1 unspecified atom stereocenters. The molecule has 0 saturated heterocycles. The molecule has 0 fully saturated rings. The number of benzene rings is 1. The molecule has 0 bridgehead atoms. The number of rotatable bonds is 3. The Hall–Kier alpha value is -0.800. The quantitative estimate of drug-likeness (QED) is 0.571. The Morgan fingerprint density at radius 2 is 2.31 bits per heavy atom. The molecule has 1 aromatic carbocycles. The maximum Gasteiger partial charge on any atom is 0.127 e. The predicted octanol–water partition coefficient (Wildman–Crippen LogP) is 1.77. The molecule has 0 saturated carbocycles. The van der Waals surface area contributed by atoms with Gasteiger partial charge in [0.2, 0.25) is 0 Å². The summed E-state index contributed by atoms with van der Waals surface area (Å²) in [4.78, 5) is 11.3. The Morgan fingerprint density at radius 1 is 1.62 bits per heavy atom. The number of thiol groups is 1. The largest absolute Gasteiger partial charge is 0.392 e. The first kappa shape index (κ1) is 10.3. The summed E-state index contributed by atoms with van der Waals surface area (Å²) in [5.74, 6) is -0.139. The number of hydrogen-bond acceptors (Lipinski definition) is 3. The second kappa shape index (κ2) is 4.44. The summed E-state index contributed by atoms with van der Waals surface area (Å²) in [6, 6.07) is 5.40. The van der Waals surface area contributed by atoms with Crippen LogP contribution in [0.1, 0.15) is 24.0 Å². The molecular weight excluding hydrogens is 184 g/mol. The monoisotopic (exact) mass is 196 g/mol. The maximum absolute atomic E-state index is 10.5. The smallest absolute Gasteiger partial charge is 0.127 e. The average molecular weight is 196 g/mol. The second-order valence-electron chi connectivity index (χ2n) is 2.98. The van der Waals surface area contributed by atoms with Crippen LogP contribution in [0, 0.1) is 0 Å². The first-order valence-corrected chi connectivity index (χ1v) is 4.51. The van der Waals surface area contributed by atoms with E-state index in [1.807, 2.05) is 13.0 Å². The van der Waals surface area contributed by atoms with Crippen LogP contribution in [0.4, 0.5) is 0 Å². The molecule has 1 atom stereocenters. The molecule has 0 heterocycles. The maximum atomic E-state index is 10.5. The lowest BCUT2D eigenvalue weighted by molar-refractivity contribution is -0.108. The van der Waals surface area contributed by atoms with Gasteiger partial charge in [0.25, 0.3) is 0 Å². The fourth-order valence-electron chi connectivity index (χ4n) is 1.15. The van der Waals surface area contributed by atoms with Gasteiger partial charge in [0.15, 0.2) is 0 Å². The first-order valence-electron chi connectivity index (χ1n) is 4.07. The first-order chi connectivity index (χ1) is 6.19. The number of hydrogen-bond donors (Lipinski definition) is 2.